The van der Waals surface area contributed by atoms with Crippen LogP contribution >= 0.6 is 0 Å². The average Bonchev–Trinajstić information content (AvgIpc) is 2.83. The van der Waals surface area contributed by atoms with E-state index in [2.05, 4.69) is 6.92 Å². The molecule has 0 aromatic heterocycles. The molecule has 0 saturated heterocycles. The topological polar surface area (TPSA) is 37.3 Å². The van der Waals surface area contributed by atoms with Gasteiger partial charge < -0.3 is 5.11 Å². The van der Waals surface area contributed by atoms with Crippen molar-refractivity contribution < 1.29 is 9.90 Å². The summed E-state index contributed by atoms with van der Waals surface area (Å²) in [6, 6.07) is 0. The number of carbonyl (C=O) groups is 1. The molecule has 0 amide bonds. The van der Waals surface area contributed by atoms with Crippen molar-refractivity contribution in [2.24, 2.45) is 40.9 Å². The molecule has 0 spiro atoms. The number of ketones is 1. The highest BCUT2D eigenvalue weighted by Gasteiger charge is 2.58. The average molecular weight is 319 g/mol. The van der Waals surface area contributed by atoms with E-state index >= 15 is 0 Å². The molecular formula is C21H34O2. The van der Waals surface area contributed by atoms with Crippen LogP contribution in [0.15, 0.2) is 0 Å². The number of hydrogen-bond acceptors (Lipinski definition) is 2. The SMILES string of the molecule is CC(=O)[C@H]1CCC2C3CC[C@H]4C[C@](C)(O)CCC4[C@H]3CC[C@@]21C. The van der Waals surface area contributed by atoms with E-state index in [-0.39, 0.29) is 0 Å². The summed E-state index contributed by atoms with van der Waals surface area (Å²) in [5, 5.41) is 10.5. The normalized spacial score (nSPS) is 55.7. The predicted octanol–water partition coefficient (Wildman–Crippen LogP) is 4.60. The minimum atomic E-state index is -0.412. The van der Waals surface area contributed by atoms with Crippen LogP contribution in [0.5, 0.6) is 0 Å². The summed E-state index contributed by atoms with van der Waals surface area (Å²) in [4.78, 5) is 12.1. The molecule has 130 valence electrons. The molecule has 0 radical (unpaired) electrons. The van der Waals surface area contributed by atoms with Crippen molar-refractivity contribution in [3.8, 4) is 0 Å². The highest BCUT2D eigenvalue weighted by atomic mass is 16.3. The molecule has 4 saturated carbocycles. The van der Waals surface area contributed by atoms with Crippen molar-refractivity contribution in [3.63, 3.8) is 0 Å². The molecule has 4 aliphatic rings. The van der Waals surface area contributed by atoms with Gasteiger partial charge in [-0.1, -0.05) is 6.92 Å². The Labute approximate surface area is 141 Å². The van der Waals surface area contributed by atoms with E-state index in [0.717, 1.165) is 48.9 Å². The standard InChI is InChI=1S/C21H34O2/c1-13(22)18-6-7-19-17-5-4-14-12-20(2,23)10-8-15(14)16(17)9-11-21(18,19)3/h14-19,23H,4-12H2,1-3H3/t14-,15?,16+,17?,18+,19?,20+,21+/m0/s1. The lowest BCUT2D eigenvalue weighted by molar-refractivity contribution is -0.130. The van der Waals surface area contributed by atoms with Crippen molar-refractivity contribution in [1.82, 2.24) is 0 Å². The summed E-state index contributed by atoms with van der Waals surface area (Å²) in [6.07, 6.45) is 11.0. The molecule has 1 N–H and O–H groups in total. The molecule has 3 unspecified atom stereocenters. The van der Waals surface area contributed by atoms with E-state index in [4.69, 9.17) is 0 Å². The lowest BCUT2D eigenvalue weighted by Gasteiger charge is -2.56. The zero-order valence-electron chi connectivity index (χ0n) is 15.2. The summed E-state index contributed by atoms with van der Waals surface area (Å²) in [7, 11) is 0. The monoisotopic (exact) mass is 318 g/mol. The van der Waals surface area contributed by atoms with Crippen LogP contribution < -0.4 is 0 Å². The van der Waals surface area contributed by atoms with Gasteiger partial charge in [-0.25, -0.2) is 0 Å². The fourth-order valence-corrected chi connectivity index (χ4v) is 7.75. The lowest BCUT2D eigenvalue weighted by atomic mass is 9.49. The molecule has 4 rings (SSSR count). The molecular weight excluding hydrogens is 284 g/mol. The highest BCUT2D eigenvalue weighted by Crippen LogP contribution is 2.64. The Kier molecular flexibility index (Phi) is 3.72. The van der Waals surface area contributed by atoms with Gasteiger partial charge in [0.05, 0.1) is 5.60 Å². The van der Waals surface area contributed by atoms with Gasteiger partial charge in [0.15, 0.2) is 0 Å². The van der Waals surface area contributed by atoms with E-state index in [9.17, 15) is 9.90 Å². The molecule has 2 heteroatoms. The number of rotatable bonds is 1. The summed E-state index contributed by atoms with van der Waals surface area (Å²) in [5.74, 6) is 4.92. The zero-order chi connectivity index (χ0) is 16.4. The number of hydrogen-bond donors (Lipinski definition) is 1. The Morgan fingerprint density at radius 3 is 2.39 bits per heavy atom. The maximum Gasteiger partial charge on any atom is 0.133 e. The van der Waals surface area contributed by atoms with Crippen molar-refractivity contribution in [2.45, 2.75) is 84.2 Å². The summed E-state index contributed by atoms with van der Waals surface area (Å²) in [6.45, 7) is 6.30. The molecule has 0 aromatic rings. The van der Waals surface area contributed by atoms with Crippen LogP contribution in [0.2, 0.25) is 0 Å². The third kappa shape index (κ3) is 2.42. The number of carbonyl (C=O) groups excluding carboxylic acids is 1. The Bertz CT molecular complexity index is 496. The van der Waals surface area contributed by atoms with Gasteiger partial charge in [0, 0.05) is 5.92 Å². The maximum absolute atomic E-state index is 12.1. The summed E-state index contributed by atoms with van der Waals surface area (Å²) >= 11 is 0. The smallest absolute Gasteiger partial charge is 0.133 e. The molecule has 0 aliphatic heterocycles. The Morgan fingerprint density at radius 2 is 1.65 bits per heavy atom. The van der Waals surface area contributed by atoms with Crippen molar-refractivity contribution in [2.75, 3.05) is 0 Å². The second-order valence-corrected chi connectivity index (χ2v) is 9.96. The molecule has 4 aliphatic carbocycles. The fourth-order valence-electron chi connectivity index (χ4n) is 7.75. The van der Waals surface area contributed by atoms with Gasteiger partial charge in [-0.15, -0.1) is 0 Å². The molecule has 0 aromatic carbocycles. The van der Waals surface area contributed by atoms with E-state index in [0.29, 0.717) is 17.1 Å². The van der Waals surface area contributed by atoms with Crippen molar-refractivity contribution >= 4 is 5.78 Å². The zero-order valence-corrected chi connectivity index (χ0v) is 15.2. The molecule has 23 heavy (non-hydrogen) atoms. The van der Waals surface area contributed by atoms with Gasteiger partial charge in [-0.05, 0) is 107 Å². The summed E-state index contributed by atoms with van der Waals surface area (Å²) in [5.41, 5.74) is -0.121. The van der Waals surface area contributed by atoms with Crippen molar-refractivity contribution in [1.29, 1.82) is 0 Å². The van der Waals surface area contributed by atoms with Gasteiger partial charge in [-0.3, -0.25) is 4.79 Å². The van der Waals surface area contributed by atoms with E-state index in [1.54, 1.807) is 0 Å². The summed E-state index contributed by atoms with van der Waals surface area (Å²) < 4.78 is 0. The van der Waals surface area contributed by atoms with Crippen LogP contribution in [-0.2, 0) is 4.79 Å². The van der Waals surface area contributed by atoms with Gasteiger partial charge in [-0.2, -0.15) is 0 Å². The van der Waals surface area contributed by atoms with Crippen LogP contribution in [0.25, 0.3) is 0 Å². The Balaban J connectivity index is 1.56. The maximum atomic E-state index is 12.1. The van der Waals surface area contributed by atoms with Gasteiger partial charge in [0.25, 0.3) is 0 Å². The first kappa shape index (κ1) is 16.1. The molecule has 8 atom stereocenters. The van der Waals surface area contributed by atoms with Gasteiger partial charge in [0.1, 0.15) is 5.78 Å². The third-order valence-electron chi connectivity index (χ3n) is 8.73. The number of fused-ring (bicyclic) bond motifs is 5. The molecule has 2 nitrogen and oxygen atoms in total. The predicted molar refractivity (Wildman–Crippen MR) is 91.9 cm³/mol. The van der Waals surface area contributed by atoms with E-state index < -0.39 is 5.60 Å². The van der Waals surface area contributed by atoms with Crippen LogP contribution in [0, 0.1) is 40.9 Å². The van der Waals surface area contributed by atoms with Crippen molar-refractivity contribution in [3.05, 3.63) is 0 Å². The van der Waals surface area contributed by atoms with E-state index in [1.807, 2.05) is 13.8 Å². The second-order valence-electron chi connectivity index (χ2n) is 9.96. The number of Topliss-reactive ketones (excluding diaryl/α,β-unsaturated/α-hetero) is 1. The largest absolute Gasteiger partial charge is 0.390 e. The molecule has 4 fully saturated rings. The van der Waals surface area contributed by atoms with E-state index in [1.165, 1.54) is 38.5 Å². The Hall–Kier alpha value is -0.370. The quantitative estimate of drug-likeness (QED) is 0.767. The van der Waals surface area contributed by atoms with Crippen LogP contribution in [-0.4, -0.2) is 16.5 Å². The van der Waals surface area contributed by atoms with Crippen LogP contribution in [0.1, 0.15) is 78.6 Å². The van der Waals surface area contributed by atoms with Crippen LogP contribution in [0.3, 0.4) is 0 Å². The Morgan fingerprint density at radius 1 is 0.913 bits per heavy atom. The first-order chi connectivity index (χ1) is 10.8. The minimum absolute atomic E-state index is 0.292. The minimum Gasteiger partial charge on any atom is -0.390 e. The fraction of sp³-hybridized carbons (Fsp3) is 0.952. The highest BCUT2D eigenvalue weighted by molar-refractivity contribution is 5.79. The third-order valence-corrected chi connectivity index (χ3v) is 8.73. The number of aliphatic hydroxyl groups is 1. The van der Waals surface area contributed by atoms with Crippen LogP contribution in [0.4, 0.5) is 0 Å². The lowest BCUT2D eigenvalue weighted by Crippen LogP contribution is -2.50. The van der Waals surface area contributed by atoms with Gasteiger partial charge in [0.2, 0.25) is 0 Å². The first-order valence-corrected chi connectivity index (χ1v) is 10.0. The molecule has 0 heterocycles. The second kappa shape index (κ2) is 5.31. The molecule has 0 bridgehead atoms. The first-order valence-electron chi connectivity index (χ1n) is 10.0. The van der Waals surface area contributed by atoms with Gasteiger partial charge >= 0.3 is 0 Å².